The lowest BCUT2D eigenvalue weighted by atomic mass is 10.1. The summed E-state index contributed by atoms with van der Waals surface area (Å²) in [6.45, 7) is 6.29. The molecule has 14 heavy (non-hydrogen) atoms. The van der Waals surface area contributed by atoms with E-state index in [4.69, 9.17) is 5.73 Å². The second kappa shape index (κ2) is 4.84. The van der Waals surface area contributed by atoms with Crippen LogP contribution in [-0.2, 0) is 0 Å². The zero-order valence-corrected chi connectivity index (χ0v) is 9.17. The van der Waals surface area contributed by atoms with Crippen molar-refractivity contribution in [3.05, 3.63) is 17.8 Å². The minimum atomic E-state index is 0.490. The Kier molecular flexibility index (Phi) is 3.74. The Hall–Kier alpha value is -1.25. The van der Waals surface area contributed by atoms with E-state index in [0.29, 0.717) is 6.04 Å². The molecule has 0 saturated carbocycles. The molecule has 0 aliphatic heterocycles. The van der Waals surface area contributed by atoms with E-state index < -0.39 is 0 Å². The van der Waals surface area contributed by atoms with Crippen molar-refractivity contribution in [1.82, 2.24) is 4.98 Å². The van der Waals surface area contributed by atoms with Crippen LogP contribution in [0.2, 0.25) is 0 Å². The minimum Gasteiger partial charge on any atom is -0.398 e. The molecule has 1 heterocycles. The number of hydrogen-bond donors (Lipinski definition) is 2. The van der Waals surface area contributed by atoms with Gasteiger partial charge in [-0.25, -0.2) is 4.98 Å². The van der Waals surface area contributed by atoms with Crippen LogP contribution < -0.4 is 11.1 Å². The molecule has 0 aliphatic carbocycles. The van der Waals surface area contributed by atoms with Gasteiger partial charge in [0.05, 0.1) is 0 Å². The molecule has 0 amide bonds. The molecule has 0 aliphatic rings. The molecule has 0 radical (unpaired) electrons. The predicted molar refractivity (Wildman–Crippen MR) is 61.4 cm³/mol. The summed E-state index contributed by atoms with van der Waals surface area (Å²) in [5.74, 6) is 0.877. The summed E-state index contributed by atoms with van der Waals surface area (Å²) in [5.41, 5.74) is 7.63. The fraction of sp³-hybridized carbons (Fsp3) is 0.545. The molecule has 1 aromatic heterocycles. The molecule has 3 nitrogen and oxygen atoms in total. The second-order valence-electron chi connectivity index (χ2n) is 3.58. The number of rotatable bonds is 4. The molecule has 0 fully saturated rings. The monoisotopic (exact) mass is 193 g/mol. The fourth-order valence-corrected chi connectivity index (χ4v) is 1.32. The smallest absolute Gasteiger partial charge is 0.128 e. The third-order valence-corrected chi connectivity index (χ3v) is 2.48. The number of nitrogens with two attached hydrogens (primary N) is 1. The van der Waals surface area contributed by atoms with Gasteiger partial charge in [-0.3, -0.25) is 0 Å². The molecule has 0 unspecified atom stereocenters. The Labute approximate surface area is 85.7 Å². The normalized spacial score (nSPS) is 10.6. The maximum absolute atomic E-state index is 5.80. The van der Waals surface area contributed by atoms with Gasteiger partial charge in [-0.2, -0.15) is 0 Å². The van der Waals surface area contributed by atoms with Crippen molar-refractivity contribution in [3.63, 3.8) is 0 Å². The molecule has 78 valence electrons. The van der Waals surface area contributed by atoms with E-state index in [2.05, 4.69) is 24.1 Å². The fourth-order valence-electron chi connectivity index (χ4n) is 1.32. The lowest BCUT2D eigenvalue weighted by Crippen LogP contribution is -2.17. The highest BCUT2D eigenvalue weighted by Gasteiger charge is 2.04. The maximum Gasteiger partial charge on any atom is 0.128 e. The number of aryl methyl sites for hydroxylation is 1. The summed E-state index contributed by atoms with van der Waals surface area (Å²) >= 11 is 0. The topological polar surface area (TPSA) is 50.9 Å². The summed E-state index contributed by atoms with van der Waals surface area (Å²) < 4.78 is 0. The minimum absolute atomic E-state index is 0.490. The van der Waals surface area contributed by atoms with Crippen molar-refractivity contribution >= 4 is 11.5 Å². The standard InChI is InChI=1S/C11H19N3/c1-4-9(5-2)14-11-6-10(12)8(3)7-13-11/h6-7,9H,4-5H2,1-3H3,(H3,12,13,14). The molecule has 3 heteroatoms. The molecular weight excluding hydrogens is 174 g/mol. The molecule has 0 atom stereocenters. The maximum atomic E-state index is 5.80. The molecule has 1 aromatic rings. The summed E-state index contributed by atoms with van der Waals surface area (Å²) in [6.07, 6.45) is 4.01. The first-order valence-electron chi connectivity index (χ1n) is 5.16. The van der Waals surface area contributed by atoms with E-state index in [1.54, 1.807) is 6.20 Å². The molecule has 0 aromatic carbocycles. The van der Waals surface area contributed by atoms with Gasteiger partial charge in [0, 0.05) is 24.0 Å². The van der Waals surface area contributed by atoms with Gasteiger partial charge in [0.2, 0.25) is 0 Å². The average molecular weight is 193 g/mol. The quantitative estimate of drug-likeness (QED) is 0.772. The number of nitrogens with one attached hydrogen (secondary N) is 1. The van der Waals surface area contributed by atoms with Gasteiger partial charge in [0.1, 0.15) is 5.82 Å². The van der Waals surface area contributed by atoms with Gasteiger partial charge < -0.3 is 11.1 Å². The number of pyridine rings is 1. The molecule has 0 bridgehead atoms. The van der Waals surface area contributed by atoms with Crippen molar-refractivity contribution in [3.8, 4) is 0 Å². The van der Waals surface area contributed by atoms with Crippen LogP contribution >= 0.6 is 0 Å². The number of aromatic nitrogens is 1. The van der Waals surface area contributed by atoms with Crippen LogP contribution in [-0.4, -0.2) is 11.0 Å². The van der Waals surface area contributed by atoms with Gasteiger partial charge in [-0.1, -0.05) is 13.8 Å². The lowest BCUT2D eigenvalue weighted by molar-refractivity contribution is 0.668. The third kappa shape index (κ3) is 2.62. The van der Waals surface area contributed by atoms with Gasteiger partial charge in [-0.05, 0) is 25.3 Å². The van der Waals surface area contributed by atoms with E-state index in [0.717, 1.165) is 29.9 Å². The SMILES string of the molecule is CCC(CC)Nc1cc(N)c(C)cn1. The summed E-state index contributed by atoms with van der Waals surface area (Å²) in [4.78, 5) is 4.28. The molecule has 1 rings (SSSR count). The zero-order chi connectivity index (χ0) is 10.6. The summed E-state index contributed by atoms with van der Waals surface area (Å²) in [7, 11) is 0. The van der Waals surface area contributed by atoms with Crippen molar-refractivity contribution in [2.45, 2.75) is 39.7 Å². The van der Waals surface area contributed by atoms with Crippen LogP contribution in [0.15, 0.2) is 12.3 Å². The average Bonchev–Trinajstić information content (AvgIpc) is 2.19. The Morgan fingerprint density at radius 2 is 2.07 bits per heavy atom. The van der Waals surface area contributed by atoms with Crippen LogP contribution in [0.5, 0.6) is 0 Å². The largest absolute Gasteiger partial charge is 0.398 e. The molecule has 0 saturated heterocycles. The van der Waals surface area contributed by atoms with Crippen LogP contribution in [0, 0.1) is 6.92 Å². The summed E-state index contributed by atoms with van der Waals surface area (Å²) in [5, 5.41) is 3.36. The van der Waals surface area contributed by atoms with Gasteiger partial charge >= 0.3 is 0 Å². The Morgan fingerprint density at radius 3 is 2.57 bits per heavy atom. The van der Waals surface area contributed by atoms with Crippen molar-refractivity contribution in [2.24, 2.45) is 0 Å². The van der Waals surface area contributed by atoms with E-state index in [-0.39, 0.29) is 0 Å². The predicted octanol–water partition coefficient (Wildman–Crippen LogP) is 2.57. The van der Waals surface area contributed by atoms with Crippen molar-refractivity contribution in [1.29, 1.82) is 0 Å². The summed E-state index contributed by atoms with van der Waals surface area (Å²) in [6, 6.07) is 2.39. The highest BCUT2D eigenvalue weighted by Crippen LogP contribution is 2.15. The second-order valence-corrected chi connectivity index (χ2v) is 3.58. The Morgan fingerprint density at radius 1 is 1.43 bits per heavy atom. The Bertz CT molecular complexity index is 293. The third-order valence-electron chi connectivity index (χ3n) is 2.48. The van der Waals surface area contributed by atoms with Gasteiger partial charge in [0.25, 0.3) is 0 Å². The Balaban J connectivity index is 2.72. The lowest BCUT2D eigenvalue weighted by Gasteiger charge is -2.15. The molecule has 0 spiro atoms. The number of anilines is 2. The van der Waals surface area contributed by atoms with E-state index in [1.165, 1.54) is 0 Å². The van der Waals surface area contributed by atoms with Crippen LogP contribution in [0.3, 0.4) is 0 Å². The van der Waals surface area contributed by atoms with Crippen LogP contribution in [0.25, 0.3) is 0 Å². The van der Waals surface area contributed by atoms with Gasteiger partial charge in [-0.15, -0.1) is 0 Å². The number of hydrogen-bond acceptors (Lipinski definition) is 3. The first-order valence-corrected chi connectivity index (χ1v) is 5.16. The highest BCUT2D eigenvalue weighted by atomic mass is 15.0. The zero-order valence-electron chi connectivity index (χ0n) is 9.17. The van der Waals surface area contributed by atoms with Crippen LogP contribution in [0.4, 0.5) is 11.5 Å². The van der Waals surface area contributed by atoms with Crippen molar-refractivity contribution in [2.75, 3.05) is 11.1 Å². The number of nitrogen functional groups attached to an aromatic ring is 1. The van der Waals surface area contributed by atoms with E-state index >= 15 is 0 Å². The van der Waals surface area contributed by atoms with E-state index in [1.807, 2.05) is 13.0 Å². The van der Waals surface area contributed by atoms with Crippen LogP contribution in [0.1, 0.15) is 32.3 Å². The first-order chi connectivity index (χ1) is 6.67. The first kappa shape index (κ1) is 10.8. The van der Waals surface area contributed by atoms with Crippen molar-refractivity contribution < 1.29 is 0 Å². The van der Waals surface area contributed by atoms with Gasteiger partial charge in [0.15, 0.2) is 0 Å². The molecule has 3 N–H and O–H groups in total. The highest BCUT2D eigenvalue weighted by molar-refractivity contribution is 5.53. The molecular formula is C11H19N3. The van der Waals surface area contributed by atoms with E-state index in [9.17, 15) is 0 Å². The number of nitrogens with zero attached hydrogens (tertiary/aromatic N) is 1.